The first-order chi connectivity index (χ1) is 17.8. The molecule has 0 N–H and O–H groups in total. The molecule has 7 rings (SSSR count). The van der Waals surface area contributed by atoms with Crippen LogP contribution in [0.5, 0.6) is 0 Å². The van der Waals surface area contributed by atoms with Gasteiger partial charge in [-0.2, -0.15) is 0 Å². The van der Waals surface area contributed by atoms with Crippen molar-refractivity contribution in [2.75, 3.05) is 0 Å². The molecule has 0 amide bonds. The molecule has 1 nitrogen and oxygen atoms in total. The van der Waals surface area contributed by atoms with Crippen molar-refractivity contribution in [2.24, 2.45) is 0 Å². The zero-order valence-electron chi connectivity index (χ0n) is 19.9. The summed E-state index contributed by atoms with van der Waals surface area (Å²) in [5, 5.41) is 5.12. The van der Waals surface area contributed by atoms with Crippen molar-refractivity contribution in [3.8, 4) is 16.8 Å². The maximum Gasteiger partial charge on any atom is 0.0541 e. The number of hydrogen-bond acceptors (Lipinski definition) is 0. The Bertz CT molecular complexity index is 1840. The molecule has 7 aromatic rings. The highest BCUT2D eigenvalue weighted by atomic mass is 15.0. The van der Waals surface area contributed by atoms with Gasteiger partial charge in [-0.15, -0.1) is 0 Å². The minimum atomic E-state index is 0.959. The van der Waals surface area contributed by atoms with Gasteiger partial charge in [0.1, 0.15) is 0 Å². The summed E-state index contributed by atoms with van der Waals surface area (Å²) in [5.41, 5.74) is 8.84. The van der Waals surface area contributed by atoms with Gasteiger partial charge >= 0.3 is 0 Å². The summed E-state index contributed by atoms with van der Waals surface area (Å²) < 4.78 is 2.36. The predicted molar refractivity (Wildman–Crippen MR) is 153 cm³/mol. The Labute approximate surface area is 210 Å². The number of para-hydroxylation sites is 2. The van der Waals surface area contributed by atoms with Gasteiger partial charge in [0.25, 0.3) is 0 Å². The Kier molecular flexibility index (Phi) is 4.92. The van der Waals surface area contributed by atoms with E-state index < -0.39 is 0 Å². The second kappa shape index (κ2) is 8.55. The van der Waals surface area contributed by atoms with Crippen LogP contribution in [0, 0.1) is 0 Å². The summed E-state index contributed by atoms with van der Waals surface area (Å²) >= 11 is 0. The quantitative estimate of drug-likeness (QED) is 0.247. The molecule has 0 saturated carbocycles. The Balaban J connectivity index is 1.31. The standard InChI is InChI=1S/C35H25N/c1-3-9-25(10-4-1)21-26-15-16-28-23-29(18-17-27(28)22-26)30-19-20-35-33(24-30)32-13-7-8-14-34(32)36(35)31-11-5-2-6-12-31/h1-20,22-24H,21H2. The zero-order chi connectivity index (χ0) is 23.9. The number of hydrogen-bond donors (Lipinski definition) is 0. The summed E-state index contributed by atoms with van der Waals surface area (Å²) in [5.74, 6) is 0. The molecule has 0 atom stereocenters. The van der Waals surface area contributed by atoms with Gasteiger partial charge in [0, 0.05) is 16.5 Å². The molecule has 1 aromatic heterocycles. The predicted octanol–water partition coefficient (Wildman–Crippen LogP) is 9.19. The summed E-state index contributed by atoms with van der Waals surface area (Å²) in [6.45, 7) is 0. The van der Waals surface area contributed by atoms with E-state index in [4.69, 9.17) is 0 Å². The molecule has 0 unspecified atom stereocenters. The first-order valence-corrected chi connectivity index (χ1v) is 12.5. The molecule has 170 valence electrons. The van der Waals surface area contributed by atoms with Crippen LogP contribution in [0.1, 0.15) is 11.1 Å². The largest absolute Gasteiger partial charge is 0.309 e. The van der Waals surface area contributed by atoms with Gasteiger partial charge in [-0.3, -0.25) is 0 Å². The SMILES string of the molecule is c1ccc(Cc2ccc3cc(-c4ccc5c(c4)c4ccccc4n5-c4ccccc4)ccc3c2)cc1. The molecule has 6 aromatic carbocycles. The molecular weight excluding hydrogens is 434 g/mol. The van der Waals surface area contributed by atoms with E-state index >= 15 is 0 Å². The van der Waals surface area contributed by atoms with Crippen molar-refractivity contribution in [3.05, 3.63) is 151 Å². The van der Waals surface area contributed by atoms with Crippen LogP contribution in [0.15, 0.2) is 140 Å². The molecule has 36 heavy (non-hydrogen) atoms. The fraction of sp³-hybridized carbons (Fsp3) is 0.0286. The minimum absolute atomic E-state index is 0.959. The monoisotopic (exact) mass is 459 g/mol. The molecule has 0 aliphatic heterocycles. The first kappa shape index (κ1) is 20.7. The lowest BCUT2D eigenvalue weighted by molar-refractivity contribution is 1.18. The average Bonchev–Trinajstić information content (AvgIpc) is 3.27. The van der Waals surface area contributed by atoms with Crippen molar-refractivity contribution in [1.82, 2.24) is 4.57 Å². The van der Waals surface area contributed by atoms with E-state index in [0.29, 0.717) is 0 Å². The first-order valence-electron chi connectivity index (χ1n) is 12.5. The van der Waals surface area contributed by atoms with Gasteiger partial charge in [-0.05, 0) is 75.8 Å². The van der Waals surface area contributed by atoms with E-state index in [0.717, 1.165) is 6.42 Å². The summed E-state index contributed by atoms with van der Waals surface area (Å²) in [7, 11) is 0. The van der Waals surface area contributed by atoms with Gasteiger partial charge in [0.2, 0.25) is 0 Å². The molecule has 0 bridgehead atoms. The third-order valence-electron chi connectivity index (χ3n) is 7.18. The second-order valence-corrected chi connectivity index (χ2v) is 9.48. The van der Waals surface area contributed by atoms with Crippen LogP contribution in [-0.2, 0) is 6.42 Å². The molecule has 0 aliphatic rings. The normalized spacial score (nSPS) is 11.4. The number of benzene rings is 6. The van der Waals surface area contributed by atoms with Crippen LogP contribution >= 0.6 is 0 Å². The van der Waals surface area contributed by atoms with Crippen molar-refractivity contribution >= 4 is 32.6 Å². The van der Waals surface area contributed by atoms with E-state index in [-0.39, 0.29) is 0 Å². The van der Waals surface area contributed by atoms with E-state index in [2.05, 4.69) is 144 Å². The van der Waals surface area contributed by atoms with Crippen molar-refractivity contribution in [3.63, 3.8) is 0 Å². The van der Waals surface area contributed by atoms with E-state index in [1.165, 1.54) is 60.5 Å². The van der Waals surface area contributed by atoms with E-state index in [9.17, 15) is 0 Å². The van der Waals surface area contributed by atoms with Crippen LogP contribution in [0.25, 0.3) is 49.4 Å². The topological polar surface area (TPSA) is 4.93 Å². The van der Waals surface area contributed by atoms with Crippen LogP contribution in [0.4, 0.5) is 0 Å². The molecule has 1 heterocycles. The molecule has 1 heteroatoms. The highest BCUT2D eigenvalue weighted by molar-refractivity contribution is 6.10. The van der Waals surface area contributed by atoms with Crippen LogP contribution in [0.3, 0.4) is 0 Å². The van der Waals surface area contributed by atoms with Crippen molar-refractivity contribution in [1.29, 1.82) is 0 Å². The summed E-state index contributed by atoms with van der Waals surface area (Å²) in [6, 6.07) is 50.5. The van der Waals surface area contributed by atoms with Crippen LogP contribution < -0.4 is 0 Å². The molecule has 0 spiro atoms. The number of nitrogens with zero attached hydrogens (tertiary/aromatic N) is 1. The lowest BCUT2D eigenvalue weighted by atomic mass is 9.97. The molecule has 0 fully saturated rings. The van der Waals surface area contributed by atoms with E-state index in [1.54, 1.807) is 0 Å². The number of fused-ring (bicyclic) bond motifs is 4. The molecule has 0 aliphatic carbocycles. The second-order valence-electron chi connectivity index (χ2n) is 9.48. The Morgan fingerprint density at radius 1 is 0.417 bits per heavy atom. The Morgan fingerprint density at radius 3 is 1.92 bits per heavy atom. The Morgan fingerprint density at radius 2 is 1.06 bits per heavy atom. The number of aromatic nitrogens is 1. The minimum Gasteiger partial charge on any atom is -0.309 e. The average molecular weight is 460 g/mol. The smallest absolute Gasteiger partial charge is 0.0541 e. The third-order valence-corrected chi connectivity index (χ3v) is 7.18. The summed E-state index contributed by atoms with van der Waals surface area (Å²) in [4.78, 5) is 0. The Hall–Kier alpha value is -4.62. The van der Waals surface area contributed by atoms with Crippen molar-refractivity contribution in [2.45, 2.75) is 6.42 Å². The van der Waals surface area contributed by atoms with Gasteiger partial charge < -0.3 is 4.57 Å². The van der Waals surface area contributed by atoms with Crippen molar-refractivity contribution < 1.29 is 0 Å². The fourth-order valence-corrected chi connectivity index (χ4v) is 5.42. The third kappa shape index (κ3) is 3.57. The fourth-order valence-electron chi connectivity index (χ4n) is 5.42. The van der Waals surface area contributed by atoms with Gasteiger partial charge in [0.15, 0.2) is 0 Å². The molecule has 0 radical (unpaired) electrons. The maximum absolute atomic E-state index is 2.36. The van der Waals surface area contributed by atoms with Crippen LogP contribution in [-0.4, -0.2) is 4.57 Å². The maximum atomic E-state index is 2.36. The van der Waals surface area contributed by atoms with Gasteiger partial charge in [-0.1, -0.05) is 103 Å². The lowest BCUT2D eigenvalue weighted by Gasteiger charge is -2.09. The number of rotatable bonds is 4. The highest BCUT2D eigenvalue weighted by Gasteiger charge is 2.13. The van der Waals surface area contributed by atoms with Crippen LogP contribution in [0.2, 0.25) is 0 Å². The lowest BCUT2D eigenvalue weighted by Crippen LogP contribution is -1.92. The zero-order valence-corrected chi connectivity index (χ0v) is 19.9. The molecule has 0 saturated heterocycles. The van der Waals surface area contributed by atoms with E-state index in [1.807, 2.05) is 0 Å². The van der Waals surface area contributed by atoms with Gasteiger partial charge in [0.05, 0.1) is 11.0 Å². The summed E-state index contributed by atoms with van der Waals surface area (Å²) in [6.07, 6.45) is 0.959. The van der Waals surface area contributed by atoms with Gasteiger partial charge in [-0.25, -0.2) is 0 Å². The molecular formula is C35H25N. The highest BCUT2D eigenvalue weighted by Crippen LogP contribution is 2.35.